The van der Waals surface area contributed by atoms with Gasteiger partial charge in [0.2, 0.25) is 0 Å². The number of carbonyl (C=O) groups excluding carboxylic acids is 1. The third-order valence-corrected chi connectivity index (χ3v) is 4.73. The maximum absolute atomic E-state index is 12.0. The van der Waals surface area contributed by atoms with E-state index in [0.29, 0.717) is 17.9 Å². The first-order valence-corrected chi connectivity index (χ1v) is 9.36. The number of nitriles is 1. The van der Waals surface area contributed by atoms with Gasteiger partial charge in [-0.05, 0) is 30.7 Å². The van der Waals surface area contributed by atoms with Gasteiger partial charge in [-0.15, -0.1) is 0 Å². The Bertz CT molecular complexity index is 1190. The lowest BCUT2D eigenvalue weighted by molar-refractivity contribution is 0.138. The van der Waals surface area contributed by atoms with Crippen LogP contribution >= 0.6 is 0 Å². The van der Waals surface area contributed by atoms with E-state index in [1.807, 2.05) is 60.1 Å². The lowest BCUT2D eigenvalue weighted by Crippen LogP contribution is -2.30. The topological polar surface area (TPSA) is 93.1 Å². The molecule has 0 saturated heterocycles. The predicted molar refractivity (Wildman–Crippen MR) is 108 cm³/mol. The molecule has 0 aliphatic heterocycles. The van der Waals surface area contributed by atoms with Gasteiger partial charge in [0.15, 0.2) is 0 Å². The van der Waals surface area contributed by atoms with Gasteiger partial charge in [-0.25, -0.2) is 4.79 Å². The summed E-state index contributed by atoms with van der Waals surface area (Å²) in [7, 11) is 0. The van der Waals surface area contributed by atoms with Crippen LogP contribution in [-0.2, 0) is 17.8 Å². The average molecular weight is 388 g/mol. The van der Waals surface area contributed by atoms with E-state index in [-0.39, 0.29) is 19.1 Å². The molecule has 0 unspecified atom stereocenters. The minimum atomic E-state index is -0.470. The highest BCUT2D eigenvalue weighted by atomic mass is 16.5. The van der Waals surface area contributed by atoms with Crippen LogP contribution in [0.25, 0.3) is 21.9 Å². The SMILES string of the molecule is C[C@@H](CNC(=O)OCc1ccccc1)n1ncc2ccc3oc(CC#N)cc3c21. The molecule has 4 rings (SSSR count). The molecule has 1 amide bonds. The summed E-state index contributed by atoms with van der Waals surface area (Å²) < 4.78 is 12.9. The highest BCUT2D eigenvalue weighted by molar-refractivity contribution is 6.03. The molecule has 2 aromatic heterocycles. The van der Waals surface area contributed by atoms with Crippen molar-refractivity contribution in [1.82, 2.24) is 15.1 Å². The number of nitrogens with one attached hydrogen (secondary N) is 1. The molecule has 0 saturated carbocycles. The summed E-state index contributed by atoms with van der Waals surface area (Å²) in [6.45, 7) is 2.56. The number of hydrogen-bond donors (Lipinski definition) is 1. The smallest absolute Gasteiger partial charge is 0.407 e. The highest BCUT2D eigenvalue weighted by Crippen LogP contribution is 2.29. The van der Waals surface area contributed by atoms with Crippen molar-refractivity contribution in [1.29, 1.82) is 5.26 Å². The molecule has 0 aliphatic carbocycles. The molecule has 2 aromatic carbocycles. The highest BCUT2D eigenvalue weighted by Gasteiger charge is 2.16. The number of ether oxygens (including phenoxy) is 1. The molecule has 4 aromatic rings. The second-order valence-electron chi connectivity index (χ2n) is 6.84. The van der Waals surface area contributed by atoms with E-state index in [1.54, 1.807) is 6.20 Å². The van der Waals surface area contributed by atoms with Crippen LogP contribution < -0.4 is 5.32 Å². The summed E-state index contributed by atoms with van der Waals surface area (Å²) in [5.41, 5.74) is 2.57. The molecule has 29 heavy (non-hydrogen) atoms. The molecule has 146 valence electrons. The first kappa shape index (κ1) is 18.6. The average Bonchev–Trinajstić information content (AvgIpc) is 3.35. The van der Waals surface area contributed by atoms with Crippen LogP contribution in [0.5, 0.6) is 0 Å². The molecule has 0 aliphatic rings. The molecule has 1 N–H and O–H groups in total. The number of aromatic nitrogens is 2. The summed E-state index contributed by atoms with van der Waals surface area (Å²) in [4.78, 5) is 12.0. The number of furan rings is 1. The molecular formula is C22H20N4O3. The van der Waals surface area contributed by atoms with Crippen LogP contribution in [0.1, 0.15) is 24.3 Å². The Kier molecular flexibility index (Phi) is 5.16. The lowest BCUT2D eigenvalue weighted by atomic mass is 10.1. The maximum atomic E-state index is 12.0. The largest absolute Gasteiger partial charge is 0.460 e. The zero-order valence-electron chi connectivity index (χ0n) is 16.0. The van der Waals surface area contributed by atoms with Crippen molar-refractivity contribution in [2.24, 2.45) is 0 Å². The van der Waals surface area contributed by atoms with Crippen molar-refractivity contribution in [2.45, 2.75) is 26.0 Å². The van der Waals surface area contributed by atoms with Crippen LogP contribution in [0, 0.1) is 11.3 Å². The van der Waals surface area contributed by atoms with Gasteiger partial charge in [0.1, 0.15) is 18.0 Å². The first-order valence-electron chi connectivity index (χ1n) is 9.36. The van der Waals surface area contributed by atoms with Gasteiger partial charge >= 0.3 is 6.09 Å². The molecule has 7 heteroatoms. The van der Waals surface area contributed by atoms with Crippen molar-refractivity contribution >= 4 is 28.0 Å². The Balaban J connectivity index is 1.47. The molecular weight excluding hydrogens is 368 g/mol. The van der Waals surface area contributed by atoms with E-state index >= 15 is 0 Å². The molecule has 0 bridgehead atoms. The number of fused-ring (bicyclic) bond motifs is 3. The fraction of sp³-hybridized carbons (Fsp3) is 0.227. The molecule has 7 nitrogen and oxygen atoms in total. The van der Waals surface area contributed by atoms with E-state index in [0.717, 1.165) is 21.9 Å². The fourth-order valence-corrected chi connectivity index (χ4v) is 3.30. The van der Waals surface area contributed by atoms with Gasteiger partial charge in [0.05, 0.1) is 30.2 Å². The standard InChI is InChI=1S/C22H20N4O3/c1-15(12-24-22(27)28-14-16-5-3-2-4-6-16)26-21-17(13-25-26)7-8-20-19(21)11-18(29-20)9-10-23/h2-8,11,13,15H,9,12,14H2,1H3,(H,24,27)/t15-/m0/s1. The lowest BCUT2D eigenvalue weighted by Gasteiger charge is -2.15. The van der Waals surface area contributed by atoms with Crippen LogP contribution in [0.4, 0.5) is 4.79 Å². The maximum Gasteiger partial charge on any atom is 0.407 e. The third-order valence-electron chi connectivity index (χ3n) is 4.73. The van der Waals surface area contributed by atoms with E-state index in [9.17, 15) is 4.79 Å². The number of alkyl carbamates (subject to hydrolysis) is 1. The predicted octanol–water partition coefficient (Wildman–Crippen LogP) is 4.34. The summed E-state index contributed by atoms with van der Waals surface area (Å²) >= 11 is 0. The van der Waals surface area contributed by atoms with Crippen molar-refractivity contribution in [3.05, 3.63) is 66.1 Å². The summed E-state index contributed by atoms with van der Waals surface area (Å²) in [6, 6.07) is 17.2. The van der Waals surface area contributed by atoms with Gasteiger partial charge in [-0.2, -0.15) is 10.4 Å². The third kappa shape index (κ3) is 3.92. The summed E-state index contributed by atoms with van der Waals surface area (Å²) in [5.74, 6) is 0.623. The normalized spacial score (nSPS) is 12.0. The van der Waals surface area contributed by atoms with E-state index in [4.69, 9.17) is 14.4 Å². The minimum absolute atomic E-state index is 0.100. The van der Waals surface area contributed by atoms with Crippen LogP contribution in [0.2, 0.25) is 0 Å². The Morgan fingerprint density at radius 1 is 1.31 bits per heavy atom. The van der Waals surface area contributed by atoms with Crippen LogP contribution in [0.15, 0.2) is 59.1 Å². The van der Waals surface area contributed by atoms with E-state index < -0.39 is 6.09 Å². The molecule has 1 atom stereocenters. The number of carbonyl (C=O) groups is 1. The summed E-state index contributed by atoms with van der Waals surface area (Å²) in [6.07, 6.45) is 1.53. The Morgan fingerprint density at radius 3 is 2.93 bits per heavy atom. The Labute approximate surface area is 167 Å². The number of hydrogen-bond acceptors (Lipinski definition) is 5. The number of benzene rings is 2. The van der Waals surface area contributed by atoms with E-state index in [2.05, 4.69) is 16.5 Å². The molecule has 0 fully saturated rings. The van der Waals surface area contributed by atoms with Gasteiger partial charge in [0.25, 0.3) is 0 Å². The quantitative estimate of drug-likeness (QED) is 0.530. The monoisotopic (exact) mass is 388 g/mol. The Hall–Kier alpha value is -3.79. The van der Waals surface area contributed by atoms with Crippen LogP contribution in [-0.4, -0.2) is 22.4 Å². The van der Waals surface area contributed by atoms with Crippen molar-refractivity contribution in [3.8, 4) is 6.07 Å². The number of rotatable bonds is 6. The second kappa shape index (κ2) is 8.07. The zero-order valence-corrected chi connectivity index (χ0v) is 16.0. The number of nitrogens with zero attached hydrogens (tertiary/aromatic N) is 3. The van der Waals surface area contributed by atoms with Crippen molar-refractivity contribution in [2.75, 3.05) is 6.54 Å². The minimum Gasteiger partial charge on any atom is -0.460 e. The molecule has 0 spiro atoms. The van der Waals surface area contributed by atoms with Crippen LogP contribution in [0.3, 0.4) is 0 Å². The zero-order chi connectivity index (χ0) is 20.2. The first-order chi connectivity index (χ1) is 14.2. The fourth-order valence-electron chi connectivity index (χ4n) is 3.30. The second-order valence-corrected chi connectivity index (χ2v) is 6.84. The molecule has 2 heterocycles. The number of amides is 1. The van der Waals surface area contributed by atoms with Gasteiger partial charge in [-0.1, -0.05) is 30.3 Å². The van der Waals surface area contributed by atoms with E-state index in [1.165, 1.54) is 0 Å². The Morgan fingerprint density at radius 2 is 2.14 bits per heavy atom. The van der Waals surface area contributed by atoms with Gasteiger partial charge < -0.3 is 14.5 Å². The summed E-state index contributed by atoms with van der Waals surface area (Å²) in [5, 5.41) is 18.1. The van der Waals surface area contributed by atoms with Gasteiger partial charge in [-0.3, -0.25) is 4.68 Å². The van der Waals surface area contributed by atoms with Crippen molar-refractivity contribution in [3.63, 3.8) is 0 Å². The van der Waals surface area contributed by atoms with Crippen molar-refractivity contribution < 1.29 is 13.9 Å². The van der Waals surface area contributed by atoms with Gasteiger partial charge in [0, 0.05) is 17.3 Å². The molecule has 0 radical (unpaired) electrons.